The highest BCUT2D eigenvalue weighted by molar-refractivity contribution is 8.18. The van der Waals surface area contributed by atoms with Crippen LogP contribution in [0.1, 0.15) is 18.1 Å². The number of amides is 2. The van der Waals surface area contributed by atoms with E-state index in [0.29, 0.717) is 22.9 Å². The molecule has 0 radical (unpaired) electrons. The number of thioether (sulfide) groups is 1. The third kappa shape index (κ3) is 2.76. The fraction of sp³-hybridized carbons (Fsp3) is 0.333. The summed E-state index contributed by atoms with van der Waals surface area (Å²) in [5.41, 5.74) is 1.60. The molecule has 1 aliphatic rings. The van der Waals surface area contributed by atoms with Crippen molar-refractivity contribution in [1.82, 2.24) is 4.90 Å². The number of carbonyl (C=O) groups excluding carboxylic acids is 2. The summed E-state index contributed by atoms with van der Waals surface area (Å²) in [6, 6.07) is 3.62. The van der Waals surface area contributed by atoms with Gasteiger partial charge in [-0.1, -0.05) is 0 Å². The highest BCUT2D eigenvalue weighted by Gasteiger charge is 2.33. The fourth-order valence-corrected chi connectivity index (χ4v) is 3.11. The quantitative estimate of drug-likeness (QED) is 0.800. The van der Waals surface area contributed by atoms with E-state index in [2.05, 4.69) is 0 Å². The molecule has 0 N–H and O–H groups in total. The molecule has 0 aliphatic carbocycles. The van der Waals surface area contributed by atoms with Crippen LogP contribution in [0.5, 0.6) is 11.5 Å². The minimum Gasteiger partial charge on any atom is -0.496 e. The van der Waals surface area contributed by atoms with Crippen molar-refractivity contribution in [3.05, 3.63) is 28.2 Å². The Morgan fingerprint density at radius 3 is 2.48 bits per heavy atom. The molecular formula is C15H17NO4S. The lowest BCUT2D eigenvalue weighted by Gasteiger charge is -2.12. The van der Waals surface area contributed by atoms with Gasteiger partial charge in [0.1, 0.15) is 11.5 Å². The van der Waals surface area contributed by atoms with Crippen LogP contribution in [-0.4, -0.2) is 36.8 Å². The van der Waals surface area contributed by atoms with Crippen molar-refractivity contribution >= 4 is 29.0 Å². The molecule has 0 bridgehead atoms. The monoisotopic (exact) mass is 307 g/mol. The molecule has 0 aromatic heterocycles. The molecule has 2 rings (SSSR count). The Balaban J connectivity index is 2.44. The van der Waals surface area contributed by atoms with Gasteiger partial charge >= 0.3 is 0 Å². The van der Waals surface area contributed by atoms with Gasteiger partial charge in [-0.2, -0.15) is 0 Å². The average Bonchev–Trinajstić information content (AvgIpc) is 2.73. The molecular weight excluding hydrogens is 290 g/mol. The lowest BCUT2D eigenvalue weighted by Crippen LogP contribution is -2.27. The molecule has 0 atom stereocenters. The summed E-state index contributed by atoms with van der Waals surface area (Å²) in [4.78, 5) is 25.5. The molecule has 1 aromatic carbocycles. The highest BCUT2D eigenvalue weighted by atomic mass is 32.2. The number of methoxy groups -OCH3 is 2. The molecule has 1 aliphatic heterocycles. The highest BCUT2D eigenvalue weighted by Crippen LogP contribution is 2.37. The number of rotatable bonds is 4. The number of imide groups is 1. The number of hydrogen-bond acceptors (Lipinski definition) is 5. The lowest BCUT2D eigenvalue weighted by molar-refractivity contribution is -0.122. The van der Waals surface area contributed by atoms with E-state index in [-0.39, 0.29) is 11.1 Å². The van der Waals surface area contributed by atoms with E-state index < -0.39 is 0 Å². The zero-order valence-corrected chi connectivity index (χ0v) is 13.2. The number of likely N-dealkylation sites (N-methyl/N-ethyl adjacent to an activating group) is 1. The van der Waals surface area contributed by atoms with Crippen molar-refractivity contribution in [3.8, 4) is 11.5 Å². The molecule has 2 amide bonds. The summed E-state index contributed by atoms with van der Waals surface area (Å²) in [6.07, 6.45) is 1.69. The third-order valence-corrected chi connectivity index (χ3v) is 4.19. The molecule has 6 heteroatoms. The Morgan fingerprint density at radius 1 is 1.24 bits per heavy atom. The zero-order chi connectivity index (χ0) is 15.6. The summed E-state index contributed by atoms with van der Waals surface area (Å²) in [5.74, 6) is 1.09. The molecule has 0 saturated carbocycles. The van der Waals surface area contributed by atoms with Crippen LogP contribution in [0, 0.1) is 6.92 Å². The topological polar surface area (TPSA) is 55.8 Å². The Morgan fingerprint density at radius 2 is 1.95 bits per heavy atom. The Labute approximate surface area is 127 Å². The SMILES string of the molecule is CCN1C(=O)S/C(=C\c2ccc(OC)c(C)c2OC)C1=O. The maximum Gasteiger partial charge on any atom is 0.293 e. The van der Waals surface area contributed by atoms with Crippen LogP contribution in [0.3, 0.4) is 0 Å². The number of ether oxygens (including phenoxy) is 2. The standard InChI is InChI=1S/C15H17NO4S/c1-5-16-14(17)12(21-15(16)18)8-10-6-7-11(19-3)9(2)13(10)20-4/h6-8H,5H2,1-4H3/b12-8-. The van der Waals surface area contributed by atoms with E-state index in [4.69, 9.17) is 9.47 Å². The number of carbonyl (C=O) groups is 2. The molecule has 1 heterocycles. The molecule has 21 heavy (non-hydrogen) atoms. The molecule has 0 spiro atoms. The van der Waals surface area contributed by atoms with Crippen LogP contribution in [0.2, 0.25) is 0 Å². The lowest BCUT2D eigenvalue weighted by atomic mass is 10.1. The van der Waals surface area contributed by atoms with Gasteiger partial charge in [0, 0.05) is 17.7 Å². The second-order valence-corrected chi connectivity index (χ2v) is 5.43. The molecule has 5 nitrogen and oxygen atoms in total. The van der Waals surface area contributed by atoms with E-state index in [0.717, 1.165) is 22.9 Å². The number of nitrogens with zero attached hydrogens (tertiary/aromatic N) is 1. The van der Waals surface area contributed by atoms with Crippen molar-refractivity contribution in [2.75, 3.05) is 20.8 Å². The van der Waals surface area contributed by atoms with Crippen LogP contribution in [0.15, 0.2) is 17.0 Å². The predicted molar refractivity (Wildman–Crippen MR) is 82.6 cm³/mol. The first-order chi connectivity index (χ1) is 10.0. The van der Waals surface area contributed by atoms with Crippen molar-refractivity contribution in [3.63, 3.8) is 0 Å². The van der Waals surface area contributed by atoms with E-state index >= 15 is 0 Å². The number of hydrogen-bond donors (Lipinski definition) is 0. The van der Waals surface area contributed by atoms with E-state index in [1.54, 1.807) is 27.2 Å². The largest absolute Gasteiger partial charge is 0.496 e. The van der Waals surface area contributed by atoms with Crippen LogP contribution in [0.4, 0.5) is 4.79 Å². The Hall–Kier alpha value is -1.95. The van der Waals surface area contributed by atoms with Gasteiger partial charge in [-0.25, -0.2) is 0 Å². The average molecular weight is 307 g/mol. The fourth-order valence-electron chi connectivity index (χ4n) is 2.21. The van der Waals surface area contributed by atoms with Gasteiger partial charge in [0.15, 0.2) is 0 Å². The summed E-state index contributed by atoms with van der Waals surface area (Å²) in [7, 11) is 3.16. The van der Waals surface area contributed by atoms with Gasteiger partial charge in [-0.15, -0.1) is 0 Å². The van der Waals surface area contributed by atoms with E-state index in [1.807, 2.05) is 19.1 Å². The first-order valence-electron chi connectivity index (χ1n) is 6.50. The van der Waals surface area contributed by atoms with Crippen LogP contribution in [0.25, 0.3) is 6.08 Å². The van der Waals surface area contributed by atoms with Gasteiger partial charge < -0.3 is 9.47 Å². The van der Waals surface area contributed by atoms with Gasteiger partial charge in [0.25, 0.3) is 11.1 Å². The normalized spacial score (nSPS) is 16.8. The summed E-state index contributed by atoms with van der Waals surface area (Å²) in [5, 5.41) is -0.238. The van der Waals surface area contributed by atoms with Gasteiger partial charge in [0.05, 0.1) is 19.1 Å². The van der Waals surface area contributed by atoms with Crippen molar-refractivity contribution in [1.29, 1.82) is 0 Å². The van der Waals surface area contributed by atoms with Crippen LogP contribution in [-0.2, 0) is 4.79 Å². The summed E-state index contributed by atoms with van der Waals surface area (Å²) >= 11 is 0.948. The smallest absolute Gasteiger partial charge is 0.293 e. The van der Waals surface area contributed by atoms with Crippen molar-refractivity contribution in [2.45, 2.75) is 13.8 Å². The van der Waals surface area contributed by atoms with E-state index in [1.165, 1.54) is 4.90 Å². The van der Waals surface area contributed by atoms with Gasteiger partial charge in [-0.3, -0.25) is 14.5 Å². The molecule has 1 aromatic rings. The third-order valence-electron chi connectivity index (χ3n) is 3.29. The molecule has 0 unspecified atom stereocenters. The predicted octanol–water partition coefficient (Wildman–Crippen LogP) is 3.07. The second kappa shape index (κ2) is 6.22. The van der Waals surface area contributed by atoms with E-state index in [9.17, 15) is 9.59 Å². The summed E-state index contributed by atoms with van der Waals surface area (Å²) in [6.45, 7) is 4.03. The maximum atomic E-state index is 12.1. The van der Waals surface area contributed by atoms with Crippen LogP contribution < -0.4 is 9.47 Å². The van der Waals surface area contributed by atoms with Crippen molar-refractivity contribution < 1.29 is 19.1 Å². The zero-order valence-electron chi connectivity index (χ0n) is 12.4. The first-order valence-corrected chi connectivity index (χ1v) is 7.32. The summed E-state index contributed by atoms with van der Waals surface area (Å²) < 4.78 is 10.7. The molecule has 1 saturated heterocycles. The Kier molecular flexibility index (Phi) is 4.57. The molecule has 112 valence electrons. The minimum absolute atomic E-state index is 0.238. The Bertz CT molecular complexity index is 624. The van der Waals surface area contributed by atoms with Crippen molar-refractivity contribution in [2.24, 2.45) is 0 Å². The van der Waals surface area contributed by atoms with Gasteiger partial charge in [-0.05, 0) is 43.8 Å². The minimum atomic E-state index is -0.261. The second-order valence-electron chi connectivity index (χ2n) is 4.44. The maximum absolute atomic E-state index is 12.1. The van der Waals surface area contributed by atoms with Gasteiger partial charge in [0.2, 0.25) is 0 Å². The molecule has 1 fully saturated rings. The van der Waals surface area contributed by atoms with Crippen LogP contribution >= 0.6 is 11.8 Å². The number of benzene rings is 1. The first kappa shape index (κ1) is 15.4.